The van der Waals surface area contributed by atoms with Crippen LogP contribution in [0.3, 0.4) is 0 Å². The Morgan fingerprint density at radius 3 is 2.82 bits per heavy atom. The summed E-state index contributed by atoms with van der Waals surface area (Å²) in [5, 5.41) is 4.70. The number of anilines is 1. The third-order valence-corrected chi connectivity index (χ3v) is 3.93. The van der Waals surface area contributed by atoms with Gasteiger partial charge in [0.05, 0.1) is 0 Å². The molecule has 0 radical (unpaired) electrons. The SMILES string of the molecule is CN(Cc1ccsc1)c1cccc(F)c1CBr. The maximum absolute atomic E-state index is 13.6. The van der Waals surface area contributed by atoms with E-state index in [-0.39, 0.29) is 5.82 Å². The molecule has 0 amide bonds. The number of rotatable bonds is 4. The van der Waals surface area contributed by atoms with Crippen LogP contribution < -0.4 is 4.90 Å². The highest BCUT2D eigenvalue weighted by atomic mass is 79.9. The van der Waals surface area contributed by atoms with Gasteiger partial charge in [-0.1, -0.05) is 22.0 Å². The van der Waals surface area contributed by atoms with Crippen LogP contribution in [-0.4, -0.2) is 7.05 Å². The smallest absolute Gasteiger partial charge is 0.129 e. The minimum Gasteiger partial charge on any atom is -0.370 e. The minimum absolute atomic E-state index is 0.156. The number of benzene rings is 1. The first-order valence-corrected chi connectivity index (χ1v) is 7.34. The normalized spacial score (nSPS) is 10.5. The van der Waals surface area contributed by atoms with Gasteiger partial charge in [-0.15, -0.1) is 0 Å². The van der Waals surface area contributed by atoms with Crippen molar-refractivity contribution in [2.24, 2.45) is 0 Å². The first kappa shape index (κ1) is 12.6. The minimum atomic E-state index is -0.156. The molecule has 1 heterocycles. The van der Waals surface area contributed by atoms with Gasteiger partial charge in [-0.05, 0) is 34.5 Å². The monoisotopic (exact) mass is 313 g/mol. The molecule has 0 aliphatic rings. The molecular weight excluding hydrogens is 301 g/mol. The standard InChI is InChI=1S/C13H13BrFNS/c1-16(8-10-5-6-17-9-10)13-4-2-3-12(15)11(13)7-14/h2-6,9H,7-8H2,1H3. The third-order valence-electron chi connectivity index (χ3n) is 2.64. The molecule has 0 aliphatic heterocycles. The quantitative estimate of drug-likeness (QED) is 0.755. The van der Waals surface area contributed by atoms with Gasteiger partial charge >= 0.3 is 0 Å². The maximum Gasteiger partial charge on any atom is 0.129 e. The van der Waals surface area contributed by atoms with Crippen LogP contribution in [0.5, 0.6) is 0 Å². The Hall–Kier alpha value is -0.870. The predicted octanol–water partition coefficient (Wildman–Crippen LogP) is 4.42. The molecule has 4 heteroatoms. The van der Waals surface area contributed by atoms with Gasteiger partial charge in [-0.2, -0.15) is 11.3 Å². The van der Waals surface area contributed by atoms with Crippen molar-refractivity contribution in [1.82, 2.24) is 0 Å². The topological polar surface area (TPSA) is 3.24 Å². The zero-order chi connectivity index (χ0) is 12.3. The fraction of sp³-hybridized carbons (Fsp3) is 0.231. The first-order chi connectivity index (χ1) is 8.22. The summed E-state index contributed by atoms with van der Waals surface area (Å²) in [4.78, 5) is 2.07. The van der Waals surface area contributed by atoms with E-state index in [1.165, 1.54) is 11.6 Å². The Bertz CT molecular complexity index is 484. The van der Waals surface area contributed by atoms with E-state index in [9.17, 15) is 4.39 Å². The molecule has 1 nitrogen and oxygen atoms in total. The van der Waals surface area contributed by atoms with E-state index in [0.717, 1.165) is 12.2 Å². The first-order valence-electron chi connectivity index (χ1n) is 5.28. The van der Waals surface area contributed by atoms with Crippen LogP contribution in [0.2, 0.25) is 0 Å². The van der Waals surface area contributed by atoms with Crippen molar-refractivity contribution in [3.05, 3.63) is 52.0 Å². The Labute approximate surface area is 113 Å². The van der Waals surface area contributed by atoms with Gasteiger partial charge in [0.2, 0.25) is 0 Å². The second-order valence-electron chi connectivity index (χ2n) is 3.86. The van der Waals surface area contributed by atoms with Crippen molar-refractivity contribution in [2.45, 2.75) is 11.9 Å². The van der Waals surface area contributed by atoms with Crippen LogP contribution >= 0.6 is 27.3 Å². The molecule has 2 rings (SSSR count). The van der Waals surface area contributed by atoms with Crippen LogP contribution in [0.1, 0.15) is 11.1 Å². The van der Waals surface area contributed by atoms with Crippen molar-refractivity contribution in [2.75, 3.05) is 11.9 Å². The van der Waals surface area contributed by atoms with E-state index in [1.807, 2.05) is 13.1 Å². The van der Waals surface area contributed by atoms with Crippen LogP contribution in [0, 0.1) is 5.82 Å². The van der Waals surface area contributed by atoms with E-state index in [1.54, 1.807) is 17.4 Å². The van der Waals surface area contributed by atoms with Gasteiger partial charge in [0.15, 0.2) is 0 Å². The number of halogens is 2. The van der Waals surface area contributed by atoms with Crippen molar-refractivity contribution >= 4 is 33.0 Å². The summed E-state index contributed by atoms with van der Waals surface area (Å²) in [5.74, 6) is -0.156. The number of hydrogen-bond acceptors (Lipinski definition) is 2. The summed E-state index contributed by atoms with van der Waals surface area (Å²) >= 11 is 5.02. The number of thiophene rings is 1. The van der Waals surface area contributed by atoms with E-state index < -0.39 is 0 Å². The highest BCUT2D eigenvalue weighted by Crippen LogP contribution is 2.26. The second kappa shape index (κ2) is 5.65. The van der Waals surface area contributed by atoms with Gasteiger partial charge in [-0.25, -0.2) is 4.39 Å². The Balaban J connectivity index is 2.24. The second-order valence-corrected chi connectivity index (χ2v) is 5.20. The lowest BCUT2D eigenvalue weighted by atomic mass is 10.1. The van der Waals surface area contributed by atoms with E-state index >= 15 is 0 Å². The van der Waals surface area contributed by atoms with Crippen molar-refractivity contribution in [3.63, 3.8) is 0 Å². The van der Waals surface area contributed by atoms with Gasteiger partial charge in [0, 0.05) is 30.2 Å². The van der Waals surface area contributed by atoms with Gasteiger partial charge < -0.3 is 4.90 Å². The predicted molar refractivity (Wildman–Crippen MR) is 75.5 cm³/mol. The lowest BCUT2D eigenvalue weighted by Gasteiger charge is -2.21. The molecule has 0 spiro atoms. The van der Waals surface area contributed by atoms with Gasteiger partial charge in [0.1, 0.15) is 5.82 Å². The van der Waals surface area contributed by atoms with Crippen LogP contribution in [0.15, 0.2) is 35.0 Å². The Morgan fingerprint density at radius 2 is 2.18 bits per heavy atom. The average Bonchev–Trinajstić information content (AvgIpc) is 2.81. The summed E-state index contributed by atoms with van der Waals surface area (Å²) in [6, 6.07) is 7.29. The van der Waals surface area contributed by atoms with Crippen molar-refractivity contribution in [1.29, 1.82) is 0 Å². The summed E-state index contributed by atoms with van der Waals surface area (Å²) in [5.41, 5.74) is 2.90. The average molecular weight is 314 g/mol. The fourth-order valence-corrected chi connectivity index (χ4v) is 2.99. The van der Waals surface area contributed by atoms with Gasteiger partial charge in [0.25, 0.3) is 0 Å². The molecule has 90 valence electrons. The summed E-state index contributed by atoms with van der Waals surface area (Å²) in [6.07, 6.45) is 0. The number of hydrogen-bond donors (Lipinski definition) is 0. The summed E-state index contributed by atoms with van der Waals surface area (Å²) < 4.78 is 13.6. The summed E-state index contributed by atoms with van der Waals surface area (Å²) in [6.45, 7) is 0.799. The summed E-state index contributed by atoms with van der Waals surface area (Å²) in [7, 11) is 1.98. The maximum atomic E-state index is 13.6. The highest BCUT2D eigenvalue weighted by Gasteiger charge is 2.11. The van der Waals surface area contributed by atoms with E-state index in [4.69, 9.17) is 0 Å². The lowest BCUT2D eigenvalue weighted by molar-refractivity contribution is 0.616. The molecular formula is C13H13BrFNS. The highest BCUT2D eigenvalue weighted by molar-refractivity contribution is 9.08. The van der Waals surface area contributed by atoms with Crippen LogP contribution in [0.25, 0.3) is 0 Å². The zero-order valence-corrected chi connectivity index (χ0v) is 11.9. The van der Waals surface area contributed by atoms with Crippen LogP contribution in [-0.2, 0) is 11.9 Å². The van der Waals surface area contributed by atoms with Crippen molar-refractivity contribution in [3.8, 4) is 0 Å². The molecule has 0 atom stereocenters. The zero-order valence-electron chi connectivity index (χ0n) is 9.49. The molecule has 0 N–H and O–H groups in total. The molecule has 0 saturated heterocycles. The van der Waals surface area contributed by atoms with E-state index in [2.05, 4.69) is 37.7 Å². The molecule has 0 bridgehead atoms. The number of nitrogens with zero attached hydrogens (tertiary/aromatic N) is 1. The Morgan fingerprint density at radius 1 is 1.35 bits per heavy atom. The molecule has 0 unspecified atom stereocenters. The Kier molecular flexibility index (Phi) is 4.18. The third kappa shape index (κ3) is 2.87. The van der Waals surface area contributed by atoms with E-state index in [0.29, 0.717) is 10.9 Å². The molecule has 0 aliphatic carbocycles. The van der Waals surface area contributed by atoms with Crippen molar-refractivity contribution < 1.29 is 4.39 Å². The molecule has 17 heavy (non-hydrogen) atoms. The number of alkyl halides is 1. The molecule has 0 saturated carbocycles. The largest absolute Gasteiger partial charge is 0.370 e. The lowest BCUT2D eigenvalue weighted by Crippen LogP contribution is -2.17. The molecule has 1 aromatic carbocycles. The molecule has 0 fully saturated rings. The molecule has 2 aromatic rings. The van der Waals surface area contributed by atoms with Crippen LogP contribution in [0.4, 0.5) is 10.1 Å². The van der Waals surface area contributed by atoms with Gasteiger partial charge in [-0.3, -0.25) is 0 Å². The fourth-order valence-electron chi connectivity index (χ4n) is 1.78. The molecule has 1 aromatic heterocycles.